The van der Waals surface area contributed by atoms with E-state index in [0.717, 1.165) is 25.4 Å². The van der Waals surface area contributed by atoms with Crippen molar-refractivity contribution in [1.29, 1.82) is 0 Å². The molecule has 0 N–H and O–H groups in total. The van der Waals surface area contributed by atoms with E-state index in [9.17, 15) is 4.39 Å². The molecule has 2 rings (SSSR count). The minimum Gasteiger partial charge on any atom is -0.300 e. The Kier molecular flexibility index (Phi) is 3.07. The van der Waals surface area contributed by atoms with Gasteiger partial charge in [-0.3, -0.25) is 4.90 Å². The predicted octanol–water partition coefficient (Wildman–Crippen LogP) is 1.37. The van der Waals surface area contributed by atoms with Crippen LogP contribution in [0, 0.1) is 5.92 Å². The van der Waals surface area contributed by atoms with Crippen LogP contribution in [-0.2, 0) is 0 Å². The first-order valence-corrected chi connectivity index (χ1v) is 5.75. The van der Waals surface area contributed by atoms with Crippen LogP contribution in [0.15, 0.2) is 0 Å². The maximum absolute atomic E-state index is 12.9. The van der Waals surface area contributed by atoms with Crippen LogP contribution < -0.4 is 0 Å². The van der Waals surface area contributed by atoms with Crippen molar-refractivity contribution >= 4 is 0 Å². The van der Waals surface area contributed by atoms with Crippen molar-refractivity contribution in [3.8, 4) is 0 Å². The molecule has 82 valence electrons. The largest absolute Gasteiger partial charge is 0.300 e. The van der Waals surface area contributed by atoms with E-state index in [1.807, 2.05) is 0 Å². The number of likely N-dealkylation sites (tertiary alicyclic amines) is 2. The van der Waals surface area contributed by atoms with Crippen LogP contribution in [0.5, 0.6) is 0 Å². The number of alkyl halides is 1. The molecule has 2 nitrogen and oxygen atoms in total. The van der Waals surface area contributed by atoms with Crippen molar-refractivity contribution in [1.82, 2.24) is 9.80 Å². The number of nitrogens with zero attached hydrogens (tertiary/aromatic N) is 2. The second-order valence-corrected chi connectivity index (χ2v) is 5.06. The van der Waals surface area contributed by atoms with E-state index in [0.29, 0.717) is 12.6 Å². The summed E-state index contributed by atoms with van der Waals surface area (Å²) in [5, 5.41) is 0. The zero-order chi connectivity index (χ0) is 10.1. The van der Waals surface area contributed by atoms with Gasteiger partial charge >= 0.3 is 0 Å². The average Bonchev–Trinajstić information content (AvgIpc) is 2.42. The summed E-state index contributed by atoms with van der Waals surface area (Å²) in [4.78, 5) is 4.76. The van der Waals surface area contributed by atoms with Crippen LogP contribution in [0.2, 0.25) is 0 Å². The molecular weight excluding hydrogens is 179 g/mol. The van der Waals surface area contributed by atoms with E-state index >= 15 is 0 Å². The van der Waals surface area contributed by atoms with Gasteiger partial charge in [-0.15, -0.1) is 0 Å². The predicted molar refractivity (Wildman–Crippen MR) is 56.2 cm³/mol. The highest BCUT2D eigenvalue weighted by Gasteiger charge is 2.31. The smallest absolute Gasteiger partial charge is 0.114 e. The van der Waals surface area contributed by atoms with Gasteiger partial charge < -0.3 is 4.90 Å². The monoisotopic (exact) mass is 200 g/mol. The summed E-state index contributed by atoms with van der Waals surface area (Å²) in [5.74, 6) is 0.794. The summed E-state index contributed by atoms with van der Waals surface area (Å²) in [5.41, 5.74) is 0. The SMILES string of the molecule is CC(C)N1CC(CN2CC[C@@H](F)C2)C1. The van der Waals surface area contributed by atoms with Crippen LogP contribution in [0.1, 0.15) is 20.3 Å². The fourth-order valence-electron chi connectivity index (χ4n) is 2.46. The maximum Gasteiger partial charge on any atom is 0.114 e. The Bertz CT molecular complexity index is 190. The van der Waals surface area contributed by atoms with Gasteiger partial charge in [0, 0.05) is 38.8 Å². The quantitative estimate of drug-likeness (QED) is 0.679. The summed E-state index contributed by atoms with van der Waals surface area (Å²) < 4.78 is 12.9. The van der Waals surface area contributed by atoms with Gasteiger partial charge in [0.05, 0.1) is 0 Å². The molecule has 0 spiro atoms. The Balaban J connectivity index is 1.64. The van der Waals surface area contributed by atoms with Crippen molar-refractivity contribution in [2.45, 2.75) is 32.5 Å². The van der Waals surface area contributed by atoms with Gasteiger partial charge in [0.1, 0.15) is 6.17 Å². The number of rotatable bonds is 3. The third-order valence-electron chi connectivity index (χ3n) is 3.45. The molecule has 0 aromatic rings. The van der Waals surface area contributed by atoms with Crippen molar-refractivity contribution in [3.05, 3.63) is 0 Å². The van der Waals surface area contributed by atoms with Crippen LogP contribution >= 0.6 is 0 Å². The second-order valence-electron chi connectivity index (χ2n) is 5.06. The molecule has 0 unspecified atom stereocenters. The van der Waals surface area contributed by atoms with Gasteiger partial charge in [0.15, 0.2) is 0 Å². The second kappa shape index (κ2) is 4.15. The van der Waals surface area contributed by atoms with E-state index in [4.69, 9.17) is 0 Å². The molecule has 0 saturated carbocycles. The molecule has 0 amide bonds. The third-order valence-corrected chi connectivity index (χ3v) is 3.45. The van der Waals surface area contributed by atoms with E-state index in [1.165, 1.54) is 13.1 Å². The Morgan fingerprint density at radius 3 is 2.50 bits per heavy atom. The molecule has 2 saturated heterocycles. The van der Waals surface area contributed by atoms with E-state index < -0.39 is 6.17 Å². The first-order chi connectivity index (χ1) is 6.65. The lowest BCUT2D eigenvalue weighted by Gasteiger charge is -2.43. The number of hydrogen-bond acceptors (Lipinski definition) is 2. The normalized spacial score (nSPS) is 31.3. The summed E-state index contributed by atoms with van der Waals surface area (Å²) in [6.45, 7) is 9.67. The molecule has 2 fully saturated rings. The highest BCUT2D eigenvalue weighted by atomic mass is 19.1. The van der Waals surface area contributed by atoms with Crippen molar-refractivity contribution in [3.63, 3.8) is 0 Å². The zero-order valence-electron chi connectivity index (χ0n) is 9.25. The standard InChI is InChI=1S/C11H21FN2/c1-9(2)14-6-10(7-14)5-13-4-3-11(12)8-13/h9-11H,3-8H2,1-2H3/t11-/m1/s1. The lowest BCUT2D eigenvalue weighted by molar-refractivity contribution is 0.0461. The molecule has 2 aliphatic rings. The lowest BCUT2D eigenvalue weighted by atomic mass is 9.98. The topological polar surface area (TPSA) is 6.48 Å². The van der Waals surface area contributed by atoms with Crippen molar-refractivity contribution in [2.75, 3.05) is 32.7 Å². The molecule has 0 aromatic carbocycles. The highest BCUT2D eigenvalue weighted by molar-refractivity contribution is 4.86. The molecule has 0 bridgehead atoms. The Labute approximate surface area is 86.1 Å². The average molecular weight is 200 g/mol. The van der Waals surface area contributed by atoms with Gasteiger partial charge in [-0.1, -0.05) is 0 Å². The first kappa shape index (κ1) is 10.4. The van der Waals surface area contributed by atoms with Crippen LogP contribution in [0.4, 0.5) is 4.39 Å². The maximum atomic E-state index is 12.9. The number of halogens is 1. The molecule has 14 heavy (non-hydrogen) atoms. The van der Waals surface area contributed by atoms with Crippen LogP contribution in [0.3, 0.4) is 0 Å². The van der Waals surface area contributed by atoms with Crippen LogP contribution in [-0.4, -0.2) is 54.7 Å². The van der Waals surface area contributed by atoms with Gasteiger partial charge in [-0.25, -0.2) is 4.39 Å². The summed E-state index contributed by atoms with van der Waals surface area (Å²) in [7, 11) is 0. The van der Waals surface area contributed by atoms with E-state index in [1.54, 1.807) is 0 Å². The Hall–Kier alpha value is -0.150. The third kappa shape index (κ3) is 2.26. The molecule has 3 heteroatoms. The zero-order valence-corrected chi connectivity index (χ0v) is 9.25. The summed E-state index contributed by atoms with van der Waals surface area (Å²) in [6, 6.07) is 0.679. The molecule has 0 radical (unpaired) electrons. The lowest BCUT2D eigenvalue weighted by Crippen LogP contribution is -2.53. The first-order valence-electron chi connectivity index (χ1n) is 5.75. The van der Waals surface area contributed by atoms with Gasteiger partial charge in [0.25, 0.3) is 0 Å². The fourth-order valence-corrected chi connectivity index (χ4v) is 2.46. The highest BCUT2D eigenvalue weighted by Crippen LogP contribution is 2.21. The molecule has 2 heterocycles. The molecule has 2 aliphatic heterocycles. The van der Waals surface area contributed by atoms with E-state index in [2.05, 4.69) is 23.6 Å². The van der Waals surface area contributed by atoms with Gasteiger partial charge in [-0.05, 0) is 26.2 Å². The molecular formula is C11H21FN2. The van der Waals surface area contributed by atoms with Crippen LogP contribution in [0.25, 0.3) is 0 Å². The van der Waals surface area contributed by atoms with E-state index in [-0.39, 0.29) is 0 Å². The Morgan fingerprint density at radius 1 is 1.29 bits per heavy atom. The summed E-state index contributed by atoms with van der Waals surface area (Å²) >= 11 is 0. The van der Waals surface area contributed by atoms with Gasteiger partial charge in [0.2, 0.25) is 0 Å². The van der Waals surface area contributed by atoms with Crippen molar-refractivity contribution in [2.24, 2.45) is 5.92 Å². The minimum absolute atomic E-state index is 0.559. The molecule has 0 aromatic heterocycles. The summed E-state index contributed by atoms with van der Waals surface area (Å²) in [6.07, 6.45) is 0.192. The minimum atomic E-state index is -0.559. The molecule has 1 atom stereocenters. The van der Waals surface area contributed by atoms with Crippen molar-refractivity contribution < 1.29 is 4.39 Å². The molecule has 0 aliphatic carbocycles. The Morgan fingerprint density at radius 2 is 2.00 bits per heavy atom. The van der Waals surface area contributed by atoms with Gasteiger partial charge in [-0.2, -0.15) is 0 Å². The number of hydrogen-bond donors (Lipinski definition) is 0. The fraction of sp³-hybridized carbons (Fsp3) is 1.00.